The maximum Gasteiger partial charge on any atom is 0.257 e. The van der Waals surface area contributed by atoms with E-state index in [9.17, 15) is 14.0 Å². The van der Waals surface area contributed by atoms with E-state index in [2.05, 4.69) is 0 Å². The summed E-state index contributed by atoms with van der Waals surface area (Å²) in [5, 5.41) is 0. The smallest absolute Gasteiger partial charge is 0.257 e. The van der Waals surface area contributed by atoms with E-state index in [4.69, 9.17) is 0 Å². The first-order valence-corrected chi connectivity index (χ1v) is 8.37. The molecule has 1 saturated heterocycles. The minimum atomic E-state index is -0.517. The number of halogens is 1. The fourth-order valence-corrected chi connectivity index (χ4v) is 2.87. The number of carbonyl (C=O) groups excluding carboxylic acids is 2. The molecule has 1 atom stereocenters. The van der Waals surface area contributed by atoms with Gasteiger partial charge in [-0.2, -0.15) is 0 Å². The first-order chi connectivity index (χ1) is 11.0. The standard InChI is InChI=1S/C18H25FN2O2/c1-3-14(2)21(13-10-17(22)20-11-6-7-12-20)18(23)15-8-4-5-9-16(15)19/h4-5,8-9,14H,3,6-7,10-13H2,1-2H3. The van der Waals surface area contributed by atoms with Crippen LogP contribution in [0.1, 0.15) is 49.9 Å². The van der Waals surface area contributed by atoms with E-state index in [0.29, 0.717) is 13.0 Å². The fourth-order valence-electron chi connectivity index (χ4n) is 2.87. The van der Waals surface area contributed by atoms with Crippen LogP contribution in [-0.2, 0) is 4.79 Å². The zero-order valence-electron chi connectivity index (χ0n) is 13.9. The van der Waals surface area contributed by atoms with Gasteiger partial charge in [-0.3, -0.25) is 9.59 Å². The number of benzene rings is 1. The Bertz CT molecular complexity index is 556. The summed E-state index contributed by atoms with van der Waals surface area (Å²) in [5.74, 6) is -0.777. The summed E-state index contributed by atoms with van der Waals surface area (Å²) >= 11 is 0. The Morgan fingerprint density at radius 1 is 1.26 bits per heavy atom. The Hall–Kier alpha value is -1.91. The van der Waals surface area contributed by atoms with Gasteiger partial charge in [-0.15, -0.1) is 0 Å². The molecular weight excluding hydrogens is 295 g/mol. The molecule has 0 aliphatic carbocycles. The molecule has 1 aromatic rings. The van der Waals surface area contributed by atoms with Gasteiger partial charge in [0.05, 0.1) is 5.56 Å². The summed E-state index contributed by atoms with van der Waals surface area (Å²) in [4.78, 5) is 28.3. The van der Waals surface area contributed by atoms with Crippen LogP contribution in [0.3, 0.4) is 0 Å². The van der Waals surface area contributed by atoms with Crippen molar-refractivity contribution in [3.05, 3.63) is 35.6 Å². The molecule has 2 amide bonds. The van der Waals surface area contributed by atoms with Crippen LogP contribution >= 0.6 is 0 Å². The van der Waals surface area contributed by atoms with Crippen LogP contribution in [0.15, 0.2) is 24.3 Å². The Morgan fingerprint density at radius 2 is 1.91 bits per heavy atom. The van der Waals surface area contributed by atoms with E-state index < -0.39 is 5.82 Å². The summed E-state index contributed by atoms with van der Waals surface area (Å²) in [6.07, 6.45) is 3.16. The second-order valence-corrected chi connectivity index (χ2v) is 6.07. The van der Waals surface area contributed by atoms with Crippen molar-refractivity contribution in [3.63, 3.8) is 0 Å². The molecule has 1 aliphatic rings. The number of hydrogen-bond donors (Lipinski definition) is 0. The van der Waals surface area contributed by atoms with Gasteiger partial charge in [0.1, 0.15) is 5.82 Å². The fraction of sp³-hybridized carbons (Fsp3) is 0.556. The SMILES string of the molecule is CCC(C)N(CCC(=O)N1CCCC1)C(=O)c1ccccc1F. The zero-order valence-corrected chi connectivity index (χ0v) is 13.9. The first kappa shape index (κ1) is 17.4. The molecule has 1 heterocycles. The first-order valence-electron chi connectivity index (χ1n) is 8.37. The normalized spacial score (nSPS) is 15.5. The maximum absolute atomic E-state index is 13.9. The van der Waals surface area contributed by atoms with Crippen LogP contribution in [0, 0.1) is 5.82 Å². The molecule has 5 heteroatoms. The number of hydrogen-bond acceptors (Lipinski definition) is 2. The highest BCUT2D eigenvalue weighted by Gasteiger charge is 2.25. The van der Waals surface area contributed by atoms with Crippen molar-refractivity contribution in [3.8, 4) is 0 Å². The van der Waals surface area contributed by atoms with Crippen LogP contribution in [0.5, 0.6) is 0 Å². The van der Waals surface area contributed by atoms with Gasteiger partial charge in [0.25, 0.3) is 5.91 Å². The van der Waals surface area contributed by atoms with E-state index in [1.165, 1.54) is 12.1 Å². The second kappa shape index (κ2) is 8.09. The molecule has 0 N–H and O–H groups in total. The van der Waals surface area contributed by atoms with E-state index in [-0.39, 0.29) is 23.4 Å². The third-order valence-corrected chi connectivity index (χ3v) is 4.51. The lowest BCUT2D eigenvalue weighted by Gasteiger charge is -2.29. The predicted molar refractivity (Wildman–Crippen MR) is 87.6 cm³/mol. The van der Waals surface area contributed by atoms with Crippen molar-refractivity contribution in [2.75, 3.05) is 19.6 Å². The van der Waals surface area contributed by atoms with Crippen molar-refractivity contribution in [2.24, 2.45) is 0 Å². The molecule has 23 heavy (non-hydrogen) atoms. The highest BCUT2D eigenvalue weighted by Crippen LogP contribution is 2.16. The van der Waals surface area contributed by atoms with E-state index in [1.807, 2.05) is 18.7 Å². The van der Waals surface area contributed by atoms with Crippen LogP contribution in [0.4, 0.5) is 4.39 Å². The largest absolute Gasteiger partial charge is 0.343 e. The van der Waals surface area contributed by atoms with Gasteiger partial charge in [-0.25, -0.2) is 4.39 Å². The maximum atomic E-state index is 13.9. The van der Waals surface area contributed by atoms with Gasteiger partial charge >= 0.3 is 0 Å². The molecule has 2 rings (SSSR count). The van der Waals surface area contributed by atoms with E-state index in [0.717, 1.165) is 32.4 Å². The molecule has 1 unspecified atom stereocenters. The van der Waals surface area contributed by atoms with E-state index in [1.54, 1.807) is 17.0 Å². The minimum absolute atomic E-state index is 0.0338. The molecule has 1 fully saturated rings. The Kier molecular flexibility index (Phi) is 6.13. The molecular formula is C18H25FN2O2. The topological polar surface area (TPSA) is 40.6 Å². The summed E-state index contributed by atoms with van der Waals surface area (Å²) in [6, 6.07) is 5.97. The summed E-state index contributed by atoms with van der Waals surface area (Å²) < 4.78 is 13.9. The summed E-state index contributed by atoms with van der Waals surface area (Å²) in [7, 11) is 0. The van der Waals surface area contributed by atoms with Gasteiger partial charge < -0.3 is 9.80 Å². The van der Waals surface area contributed by atoms with Crippen LogP contribution in [-0.4, -0.2) is 47.3 Å². The third kappa shape index (κ3) is 4.30. The van der Waals surface area contributed by atoms with Gasteiger partial charge in [0, 0.05) is 32.1 Å². The lowest BCUT2D eigenvalue weighted by Crippen LogP contribution is -2.41. The van der Waals surface area contributed by atoms with Crippen molar-refractivity contribution in [1.82, 2.24) is 9.80 Å². The number of nitrogens with zero attached hydrogens (tertiary/aromatic N) is 2. The second-order valence-electron chi connectivity index (χ2n) is 6.07. The highest BCUT2D eigenvalue weighted by atomic mass is 19.1. The number of likely N-dealkylation sites (tertiary alicyclic amines) is 1. The molecule has 126 valence electrons. The predicted octanol–water partition coefficient (Wildman–Crippen LogP) is 3.08. The Balaban J connectivity index is 2.06. The number of rotatable bonds is 6. The lowest BCUT2D eigenvalue weighted by atomic mass is 10.1. The Labute approximate surface area is 137 Å². The highest BCUT2D eigenvalue weighted by molar-refractivity contribution is 5.95. The van der Waals surface area contributed by atoms with Crippen LogP contribution in [0.2, 0.25) is 0 Å². The number of amides is 2. The average molecular weight is 320 g/mol. The van der Waals surface area contributed by atoms with Gasteiger partial charge in [-0.1, -0.05) is 19.1 Å². The van der Waals surface area contributed by atoms with Gasteiger partial charge in [0.2, 0.25) is 5.91 Å². The minimum Gasteiger partial charge on any atom is -0.343 e. The van der Waals surface area contributed by atoms with Gasteiger partial charge in [-0.05, 0) is 38.3 Å². The van der Waals surface area contributed by atoms with Crippen molar-refractivity contribution < 1.29 is 14.0 Å². The van der Waals surface area contributed by atoms with Crippen molar-refractivity contribution >= 4 is 11.8 Å². The van der Waals surface area contributed by atoms with Crippen LogP contribution in [0.25, 0.3) is 0 Å². The molecule has 0 saturated carbocycles. The quantitative estimate of drug-likeness (QED) is 0.808. The molecule has 1 aliphatic heterocycles. The monoisotopic (exact) mass is 320 g/mol. The third-order valence-electron chi connectivity index (χ3n) is 4.51. The molecule has 4 nitrogen and oxygen atoms in total. The molecule has 0 bridgehead atoms. The van der Waals surface area contributed by atoms with Crippen molar-refractivity contribution in [1.29, 1.82) is 0 Å². The summed E-state index contributed by atoms with van der Waals surface area (Å²) in [6.45, 7) is 5.86. The van der Waals surface area contributed by atoms with Gasteiger partial charge in [0.15, 0.2) is 0 Å². The Morgan fingerprint density at radius 3 is 2.52 bits per heavy atom. The summed E-state index contributed by atoms with van der Waals surface area (Å²) in [5.41, 5.74) is 0.0708. The van der Waals surface area contributed by atoms with Crippen molar-refractivity contribution in [2.45, 2.75) is 45.6 Å². The average Bonchev–Trinajstić information content (AvgIpc) is 3.09. The van der Waals surface area contributed by atoms with E-state index >= 15 is 0 Å². The van der Waals surface area contributed by atoms with Crippen LogP contribution < -0.4 is 0 Å². The molecule has 0 aromatic heterocycles. The molecule has 0 spiro atoms. The number of carbonyl (C=O) groups is 2. The zero-order chi connectivity index (χ0) is 16.8. The molecule has 0 radical (unpaired) electrons. The molecule has 1 aromatic carbocycles. The lowest BCUT2D eigenvalue weighted by molar-refractivity contribution is -0.130.